The number of aromatic nitrogens is 5. The second-order valence-electron chi connectivity index (χ2n) is 21.2. The van der Waals surface area contributed by atoms with Gasteiger partial charge in [0.25, 0.3) is 0 Å². The highest BCUT2D eigenvalue weighted by Gasteiger charge is 2.26. The molecule has 5 heterocycles. The Morgan fingerprint density at radius 3 is 1.18 bits per heavy atom. The van der Waals surface area contributed by atoms with Crippen LogP contribution in [0.4, 0.5) is 0 Å². The van der Waals surface area contributed by atoms with Crippen molar-refractivity contribution in [3.63, 3.8) is 0 Å². The van der Waals surface area contributed by atoms with Gasteiger partial charge < -0.3 is 18.1 Å². The Morgan fingerprint density at radius 1 is 0.268 bits per heavy atom. The highest BCUT2D eigenvalue weighted by Crippen LogP contribution is 2.48. The summed E-state index contributed by atoms with van der Waals surface area (Å²) in [7, 11) is 0. The molecule has 0 radical (unpaired) electrons. The second kappa shape index (κ2) is 18.2. The quantitative estimate of drug-likeness (QED) is 0.152. The van der Waals surface area contributed by atoms with E-state index in [1.807, 2.05) is 6.07 Å². The molecule has 0 fully saturated rings. The predicted octanol–water partition coefficient (Wildman–Crippen LogP) is 20.0. The van der Waals surface area contributed by atoms with Crippen molar-refractivity contribution in [1.29, 1.82) is 0 Å². The molecule has 0 spiro atoms. The number of hydrogen-bond donors (Lipinski definition) is 0. The summed E-state index contributed by atoms with van der Waals surface area (Å²) in [6.07, 6.45) is 0. The van der Waals surface area contributed by atoms with Gasteiger partial charge in [0.1, 0.15) is 11.2 Å². The Bertz CT molecular complexity index is 5070. The minimum Gasteiger partial charge on any atom is -0.455 e. The van der Waals surface area contributed by atoms with Crippen molar-refractivity contribution in [1.82, 2.24) is 23.7 Å². The predicted molar refractivity (Wildman–Crippen MR) is 340 cm³/mol. The van der Waals surface area contributed by atoms with Crippen LogP contribution in [0.5, 0.6) is 0 Å². The third-order valence-electron chi connectivity index (χ3n) is 16.6. The van der Waals surface area contributed by atoms with E-state index in [4.69, 9.17) is 14.4 Å². The van der Waals surface area contributed by atoms with Gasteiger partial charge in [0.05, 0.1) is 55.6 Å². The molecule has 6 heteroatoms. The van der Waals surface area contributed by atoms with Gasteiger partial charge in [-0.25, -0.2) is 9.97 Å². The Kier molecular flexibility index (Phi) is 10.2. The first kappa shape index (κ1) is 45.9. The van der Waals surface area contributed by atoms with Crippen LogP contribution in [0.1, 0.15) is 0 Å². The lowest BCUT2D eigenvalue weighted by Crippen LogP contribution is -2.04. The molecule has 12 aromatic carbocycles. The van der Waals surface area contributed by atoms with E-state index in [0.717, 1.165) is 133 Å². The number of para-hydroxylation sites is 6. The first-order valence-electron chi connectivity index (χ1n) is 27.9. The molecule has 0 saturated heterocycles. The van der Waals surface area contributed by atoms with E-state index in [-0.39, 0.29) is 0 Å². The lowest BCUT2D eigenvalue weighted by atomic mass is 9.91. The maximum absolute atomic E-state index is 6.94. The van der Waals surface area contributed by atoms with E-state index in [9.17, 15) is 0 Å². The van der Waals surface area contributed by atoms with Crippen LogP contribution in [0.3, 0.4) is 0 Å². The van der Waals surface area contributed by atoms with Crippen molar-refractivity contribution in [3.05, 3.63) is 285 Å². The van der Waals surface area contributed by atoms with Gasteiger partial charge in [-0.3, -0.25) is 0 Å². The van der Waals surface area contributed by atoms with Crippen LogP contribution in [0.2, 0.25) is 0 Å². The summed E-state index contributed by atoms with van der Waals surface area (Å²) in [6.45, 7) is 0. The molecule has 0 aliphatic carbocycles. The summed E-state index contributed by atoms with van der Waals surface area (Å²) in [6, 6.07) is 102. The molecular formula is C76H47N5O. The standard InChI is InChI=1S/C76H47N5O/c1-3-21-48(22-4-1)64-47-65(49-23-5-2-6-24-49)78-76(77-64)52-45-62(50-25-19-27-53(43-50)79-66-35-13-7-29-55(66)56-30-8-14-36-67(56)79)74(81-70-39-17-11-34-61(70)73-71(81)42-41-60-59-33-12-18-40-72(59)82-75(60)73)63(46-52)51-26-20-28-54(44-51)80-68-37-15-9-31-57(68)58-32-10-16-38-69(58)80/h1-47H. The van der Waals surface area contributed by atoms with E-state index in [2.05, 4.69) is 293 Å². The molecule has 17 rings (SSSR count). The van der Waals surface area contributed by atoms with Crippen LogP contribution in [0, 0.1) is 0 Å². The van der Waals surface area contributed by atoms with Crippen molar-refractivity contribution in [2.24, 2.45) is 0 Å². The van der Waals surface area contributed by atoms with Gasteiger partial charge in [-0.1, -0.05) is 194 Å². The fraction of sp³-hybridized carbons (Fsp3) is 0. The minimum absolute atomic E-state index is 0.623. The van der Waals surface area contributed by atoms with Crippen molar-refractivity contribution in [2.75, 3.05) is 0 Å². The van der Waals surface area contributed by atoms with Crippen molar-refractivity contribution < 1.29 is 4.42 Å². The van der Waals surface area contributed by atoms with Crippen LogP contribution in [-0.2, 0) is 0 Å². The lowest BCUT2D eigenvalue weighted by Gasteiger charge is -2.22. The average molecular weight is 1050 g/mol. The van der Waals surface area contributed by atoms with Crippen molar-refractivity contribution in [3.8, 4) is 73.2 Å². The summed E-state index contributed by atoms with van der Waals surface area (Å²) in [5.41, 5.74) is 20.3. The van der Waals surface area contributed by atoms with E-state index < -0.39 is 0 Å². The molecule has 6 nitrogen and oxygen atoms in total. The summed E-state index contributed by atoms with van der Waals surface area (Å²) in [5, 5.41) is 9.20. The Hall–Kier alpha value is -11.1. The smallest absolute Gasteiger partial charge is 0.160 e. The van der Waals surface area contributed by atoms with Crippen LogP contribution in [0.25, 0.3) is 161 Å². The number of nitrogens with zero attached hydrogens (tertiary/aromatic N) is 5. The van der Waals surface area contributed by atoms with Gasteiger partial charge in [-0.15, -0.1) is 0 Å². The first-order valence-corrected chi connectivity index (χ1v) is 27.9. The molecule has 17 aromatic rings. The monoisotopic (exact) mass is 1050 g/mol. The van der Waals surface area contributed by atoms with Gasteiger partial charge >= 0.3 is 0 Å². The second-order valence-corrected chi connectivity index (χ2v) is 21.2. The fourth-order valence-electron chi connectivity index (χ4n) is 13.0. The Labute approximate surface area is 471 Å². The van der Waals surface area contributed by atoms with Crippen molar-refractivity contribution in [2.45, 2.75) is 0 Å². The Balaban J connectivity index is 1.02. The fourth-order valence-corrected chi connectivity index (χ4v) is 13.0. The van der Waals surface area contributed by atoms with E-state index in [1.54, 1.807) is 0 Å². The van der Waals surface area contributed by atoms with E-state index in [1.165, 1.54) is 21.5 Å². The number of rotatable bonds is 8. The largest absolute Gasteiger partial charge is 0.455 e. The van der Waals surface area contributed by atoms with Gasteiger partial charge in [-0.05, 0) is 102 Å². The van der Waals surface area contributed by atoms with Gasteiger partial charge in [0.2, 0.25) is 0 Å². The maximum atomic E-state index is 6.94. The van der Waals surface area contributed by atoms with Crippen LogP contribution in [-0.4, -0.2) is 23.7 Å². The highest BCUT2D eigenvalue weighted by atomic mass is 16.3. The molecule has 0 aliphatic rings. The number of fused-ring (bicyclic) bond motifs is 13. The van der Waals surface area contributed by atoms with Gasteiger partial charge in [0.15, 0.2) is 5.82 Å². The average Bonchev–Trinajstić information content (AvgIpc) is 3.31. The normalized spacial score (nSPS) is 11.9. The molecule has 5 aromatic heterocycles. The zero-order valence-corrected chi connectivity index (χ0v) is 44.3. The summed E-state index contributed by atoms with van der Waals surface area (Å²) < 4.78 is 14.2. The maximum Gasteiger partial charge on any atom is 0.160 e. The SMILES string of the molecule is c1ccc(-c2cc(-c3ccccc3)nc(-c3cc(-c4cccc(-n5c6ccccc6c6ccccc65)c4)c(-n4c5ccccc5c5c6oc7ccccc7c6ccc54)c(-c4cccc(-n5c6ccccc6c6ccccc65)c4)c3)n2)cc1. The molecule has 0 atom stereocenters. The van der Waals surface area contributed by atoms with E-state index >= 15 is 0 Å². The molecule has 382 valence electrons. The summed E-state index contributed by atoms with van der Waals surface area (Å²) >= 11 is 0. The molecule has 82 heavy (non-hydrogen) atoms. The molecule has 0 unspecified atom stereocenters. The molecule has 0 saturated carbocycles. The molecule has 0 bridgehead atoms. The Morgan fingerprint density at radius 2 is 0.683 bits per heavy atom. The number of hydrogen-bond acceptors (Lipinski definition) is 3. The zero-order valence-electron chi connectivity index (χ0n) is 44.3. The van der Waals surface area contributed by atoms with Crippen LogP contribution < -0.4 is 0 Å². The highest BCUT2D eigenvalue weighted by molar-refractivity contribution is 6.24. The zero-order chi connectivity index (χ0) is 53.8. The minimum atomic E-state index is 0.623. The van der Waals surface area contributed by atoms with Gasteiger partial charge in [0, 0.05) is 76.9 Å². The number of benzene rings is 12. The lowest BCUT2D eigenvalue weighted by molar-refractivity contribution is 0.673. The third kappa shape index (κ3) is 7.08. The van der Waals surface area contributed by atoms with Crippen LogP contribution >= 0.6 is 0 Å². The molecule has 0 aliphatic heterocycles. The first-order chi connectivity index (χ1) is 40.7. The third-order valence-corrected chi connectivity index (χ3v) is 16.6. The molecule has 0 N–H and O–H groups in total. The van der Waals surface area contributed by atoms with Crippen LogP contribution in [0.15, 0.2) is 290 Å². The molecular weight excluding hydrogens is 999 g/mol. The van der Waals surface area contributed by atoms with Gasteiger partial charge in [-0.2, -0.15) is 0 Å². The van der Waals surface area contributed by atoms with Crippen molar-refractivity contribution >= 4 is 87.4 Å². The number of furan rings is 1. The summed E-state index contributed by atoms with van der Waals surface area (Å²) in [4.78, 5) is 11.1. The topological polar surface area (TPSA) is 53.7 Å². The van der Waals surface area contributed by atoms with E-state index in [0.29, 0.717) is 5.82 Å². The summed E-state index contributed by atoms with van der Waals surface area (Å²) in [5.74, 6) is 0.623. The molecule has 0 amide bonds.